The summed E-state index contributed by atoms with van der Waals surface area (Å²) in [6.45, 7) is 0. The Balaban J connectivity index is 0.000000443. The van der Waals surface area contributed by atoms with Crippen molar-refractivity contribution in [2.45, 2.75) is 0 Å². The van der Waals surface area contributed by atoms with Crippen LogP contribution in [0, 0.1) is 0 Å². The Morgan fingerprint density at radius 1 is 0.600 bits per heavy atom. The second kappa shape index (κ2) is 9.86. The van der Waals surface area contributed by atoms with Crippen LogP contribution in [0.15, 0.2) is 48.5 Å². The van der Waals surface area contributed by atoms with Gasteiger partial charge < -0.3 is 30.0 Å². The Morgan fingerprint density at radius 3 is 1.04 bits per heavy atom. The number of carboxylic acids is 4. The molecule has 0 aliphatic heterocycles. The number of carbonyl (C=O) groups excluding carboxylic acids is 2. The zero-order valence-electron chi connectivity index (χ0n) is 12.3. The van der Waals surface area contributed by atoms with Gasteiger partial charge >= 0.3 is 29.0 Å². The van der Waals surface area contributed by atoms with E-state index in [0.29, 0.717) is 0 Å². The largest absolute Gasteiger partial charge is 2.00 e. The van der Waals surface area contributed by atoms with Gasteiger partial charge in [-0.25, -0.2) is 9.59 Å². The maximum absolute atomic E-state index is 10.5. The van der Waals surface area contributed by atoms with Crippen LogP contribution in [0.1, 0.15) is 41.4 Å². The van der Waals surface area contributed by atoms with Crippen LogP contribution in [0.5, 0.6) is 0 Å². The summed E-state index contributed by atoms with van der Waals surface area (Å²) in [7, 11) is 0. The van der Waals surface area contributed by atoms with E-state index >= 15 is 0 Å². The minimum absolute atomic E-state index is 0. The monoisotopic (exact) mass is 385 g/mol. The van der Waals surface area contributed by atoms with Crippen molar-refractivity contribution in [2.75, 3.05) is 0 Å². The van der Waals surface area contributed by atoms with Crippen molar-refractivity contribution in [1.29, 1.82) is 0 Å². The van der Waals surface area contributed by atoms with Crippen LogP contribution in [-0.2, 0) is 17.1 Å². The van der Waals surface area contributed by atoms with Gasteiger partial charge in [-0.1, -0.05) is 36.4 Å². The fourth-order valence-corrected chi connectivity index (χ4v) is 1.70. The molecule has 0 heterocycles. The molecule has 0 aliphatic carbocycles. The number of carbonyl (C=O) groups is 4. The summed E-state index contributed by atoms with van der Waals surface area (Å²) >= 11 is 0. The number of carboxylic acid groups (broad SMARTS) is 4. The zero-order valence-corrected chi connectivity index (χ0v) is 13.5. The number of benzene rings is 2. The first kappa shape index (κ1) is 21.8. The first-order valence-electron chi connectivity index (χ1n) is 6.33. The normalized spacial score (nSPS) is 8.96. The molecule has 8 nitrogen and oxygen atoms in total. The first-order valence-corrected chi connectivity index (χ1v) is 6.33. The molecule has 0 aliphatic rings. The van der Waals surface area contributed by atoms with Crippen molar-refractivity contribution in [3.8, 4) is 0 Å². The van der Waals surface area contributed by atoms with E-state index in [0.717, 1.165) is 12.1 Å². The van der Waals surface area contributed by atoms with E-state index in [1.807, 2.05) is 0 Å². The Bertz CT molecular complexity index is 667. The van der Waals surface area contributed by atoms with E-state index in [4.69, 9.17) is 10.2 Å². The molecular formula is C16H10MnO8. The van der Waals surface area contributed by atoms with Gasteiger partial charge in [0.2, 0.25) is 0 Å². The minimum atomic E-state index is -1.52. The van der Waals surface area contributed by atoms with Crippen molar-refractivity contribution < 1.29 is 56.7 Å². The Hall–Kier alpha value is -3.16. The van der Waals surface area contributed by atoms with Gasteiger partial charge in [0.1, 0.15) is 0 Å². The SMILES string of the molecule is O=C(O)c1ccccc1C(=O)O.O=C([O-])c1ccccc1C(=O)[O-].[Mn+2]. The molecule has 2 N–H and O–H groups in total. The molecule has 129 valence electrons. The molecule has 1 radical (unpaired) electrons. The molecule has 25 heavy (non-hydrogen) atoms. The van der Waals surface area contributed by atoms with Gasteiger partial charge in [0, 0.05) is 11.1 Å². The third-order valence-corrected chi connectivity index (χ3v) is 2.75. The third-order valence-electron chi connectivity index (χ3n) is 2.75. The van der Waals surface area contributed by atoms with Crippen LogP contribution >= 0.6 is 0 Å². The van der Waals surface area contributed by atoms with Crippen LogP contribution in [0.3, 0.4) is 0 Å². The van der Waals surface area contributed by atoms with Gasteiger partial charge in [-0.3, -0.25) is 0 Å². The van der Waals surface area contributed by atoms with E-state index in [9.17, 15) is 29.4 Å². The molecule has 0 bridgehead atoms. The zero-order chi connectivity index (χ0) is 18.3. The summed E-state index contributed by atoms with van der Waals surface area (Å²) in [6, 6.07) is 10.6. The molecule has 0 fully saturated rings. The van der Waals surface area contributed by atoms with Gasteiger partial charge in [0.15, 0.2) is 0 Å². The maximum atomic E-state index is 10.5. The average molecular weight is 385 g/mol. The van der Waals surface area contributed by atoms with Crippen molar-refractivity contribution in [2.24, 2.45) is 0 Å². The van der Waals surface area contributed by atoms with E-state index in [2.05, 4.69) is 0 Å². The number of hydrogen-bond donors (Lipinski definition) is 2. The summed E-state index contributed by atoms with van der Waals surface area (Å²) in [4.78, 5) is 41.6. The van der Waals surface area contributed by atoms with Gasteiger partial charge in [-0.05, 0) is 12.1 Å². The third kappa shape index (κ3) is 6.09. The molecule has 2 aromatic carbocycles. The maximum Gasteiger partial charge on any atom is 2.00 e. The molecule has 0 aromatic heterocycles. The van der Waals surface area contributed by atoms with Crippen LogP contribution in [0.25, 0.3) is 0 Å². The van der Waals surface area contributed by atoms with Crippen LogP contribution in [0.2, 0.25) is 0 Å². The molecule has 0 saturated heterocycles. The number of aromatic carboxylic acids is 4. The Labute approximate surface area is 151 Å². The standard InChI is InChI=1S/2C8H6O4.Mn/c2*9-7(10)5-3-1-2-4-6(5)8(11)12;/h2*1-4H,(H,9,10)(H,11,12);/q;;+2/p-2. The Kier molecular flexibility index (Phi) is 8.62. The van der Waals surface area contributed by atoms with Crippen molar-refractivity contribution >= 4 is 23.9 Å². The van der Waals surface area contributed by atoms with E-state index < -0.39 is 23.9 Å². The fraction of sp³-hybridized carbons (Fsp3) is 0. The summed E-state index contributed by atoms with van der Waals surface area (Å²) in [6.07, 6.45) is 0. The molecule has 0 atom stereocenters. The minimum Gasteiger partial charge on any atom is -0.545 e. The smallest absolute Gasteiger partial charge is 0.545 e. The van der Waals surface area contributed by atoms with Crippen molar-refractivity contribution in [3.63, 3.8) is 0 Å². The van der Waals surface area contributed by atoms with E-state index in [1.54, 1.807) is 0 Å². The van der Waals surface area contributed by atoms with Gasteiger partial charge in [-0.2, -0.15) is 0 Å². The molecule has 0 spiro atoms. The van der Waals surface area contributed by atoms with Gasteiger partial charge in [-0.15, -0.1) is 0 Å². The number of rotatable bonds is 4. The molecule has 0 amide bonds. The van der Waals surface area contributed by atoms with Crippen molar-refractivity contribution in [1.82, 2.24) is 0 Å². The topological polar surface area (TPSA) is 155 Å². The molecule has 0 saturated carbocycles. The van der Waals surface area contributed by atoms with Gasteiger partial charge in [0.25, 0.3) is 0 Å². The van der Waals surface area contributed by atoms with E-state index in [1.165, 1.54) is 36.4 Å². The summed E-state index contributed by atoms with van der Waals surface area (Å²) in [5.41, 5.74) is -1.11. The quantitative estimate of drug-likeness (QED) is 0.667. The summed E-state index contributed by atoms with van der Waals surface area (Å²) < 4.78 is 0. The van der Waals surface area contributed by atoms with Crippen LogP contribution in [-0.4, -0.2) is 34.1 Å². The Morgan fingerprint density at radius 2 is 0.840 bits per heavy atom. The predicted octanol–water partition coefficient (Wildman–Crippen LogP) is -0.506. The molecule has 2 aromatic rings. The molecule has 2 rings (SSSR count). The average Bonchev–Trinajstić information content (AvgIpc) is 2.55. The predicted molar refractivity (Wildman–Crippen MR) is 75.5 cm³/mol. The van der Waals surface area contributed by atoms with Crippen molar-refractivity contribution in [3.05, 3.63) is 70.8 Å². The summed E-state index contributed by atoms with van der Waals surface area (Å²) in [5.74, 6) is -5.49. The first-order chi connectivity index (χ1) is 11.3. The van der Waals surface area contributed by atoms with Gasteiger partial charge in [0.05, 0.1) is 23.1 Å². The molecule has 9 heteroatoms. The second-order valence-electron chi connectivity index (χ2n) is 4.28. The number of hydrogen-bond acceptors (Lipinski definition) is 6. The molecule has 0 unspecified atom stereocenters. The van der Waals surface area contributed by atoms with Crippen LogP contribution in [0.4, 0.5) is 0 Å². The van der Waals surface area contributed by atoms with Crippen LogP contribution < -0.4 is 10.2 Å². The van der Waals surface area contributed by atoms with E-state index in [-0.39, 0.29) is 39.3 Å². The fourth-order valence-electron chi connectivity index (χ4n) is 1.70. The molecular weight excluding hydrogens is 375 g/mol. The second-order valence-corrected chi connectivity index (χ2v) is 4.28. The summed E-state index contributed by atoms with van der Waals surface area (Å²) in [5, 5.41) is 37.8.